The molecule has 0 saturated heterocycles. The van der Waals surface area contributed by atoms with Crippen LogP contribution in [0.1, 0.15) is 26.7 Å². The molecule has 0 saturated carbocycles. The topological polar surface area (TPSA) is 53.5 Å². The first kappa shape index (κ1) is 17.7. The number of halogens is 3. The number of amides is 1. The number of hydrogen-bond donors (Lipinski definition) is 2. The normalized spacial score (nSPS) is 11.3. The number of carbonyl (C=O) groups is 1. The van der Waals surface area contributed by atoms with E-state index in [9.17, 15) is 4.79 Å². The molecule has 0 spiro atoms. The zero-order chi connectivity index (χ0) is 15.1. The van der Waals surface area contributed by atoms with E-state index < -0.39 is 0 Å². The van der Waals surface area contributed by atoms with Crippen LogP contribution in [0.25, 0.3) is 0 Å². The first-order valence-corrected chi connectivity index (χ1v) is 8.52. The molecule has 1 amide bonds. The first-order valence-electron chi connectivity index (χ1n) is 6.14. The quantitative estimate of drug-likeness (QED) is 0.361. The minimum atomic E-state index is -0.175. The number of rotatable bonds is 6. The van der Waals surface area contributed by atoms with Gasteiger partial charge in [-0.3, -0.25) is 4.79 Å². The minimum absolute atomic E-state index is 0.162. The van der Waals surface area contributed by atoms with Gasteiger partial charge < -0.3 is 5.32 Å². The highest BCUT2D eigenvalue weighted by Crippen LogP contribution is 2.32. The predicted octanol–water partition coefficient (Wildman–Crippen LogP) is 4.68. The van der Waals surface area contributed by atoms with Gasteiger partial charge in [0.1, 0.15) is 0 Å². The molecular weight excluding hydrogens is 454 g/mol. The summed E-state index contributed by atoms with van der Waals surface area (Å²) >= 11 is 10.3. The van der Waals surface area contributed by atoms with E-state index in [1.807, 2.05) is 19.1 Å². The fourth-order valence-corrected chi connectivity index (χ4v) is 2.93. The number of hydrogen-bond acceptors (Lipinski definition) is 3. The van der Waals surface area contributed by atoms with Crippen molar-refractivity contribution in [2.24, 2.45) is 5.10 Å². The van der Waals surface area contributed by atoms with E-state index in [2.05, 4.69) is 70.6 Å². The van der Waals surface area contributed by atoms with E-state index in [0.29, 0.717) is 0 Å². The molecule has 0 aromatic heterocycles. The van der Waals surface area contributed by atoms with Gasteiger partial charge in [-0.2, -0.15) is 5.10 Å². The second-order valence-corrected chi connectivity index (χ2v) is 6.79. The van der Waals surface area contributed by atoms with Crippen molar-refractivity contribution < 1.29 is 4.79 Å². The average Bonchev–Trinajstić information content (AvgIpc) is 2.39. The second-order valence-electron chi connectivity index (χ2n) is 4.23. The molecule has 20 heavy (non-hydrogen) atoms. The molecule has 0 unspecified atom stereocenters. The Bertz CT molecular complexity index is 518. The second kappa shape index (κ2) is 8.79. The van der Waals surface area contributed by atoms with Crippen LogP contribution in [0.3, 0.4) is 0 Å². The van der Waals surface area contributed by atoms with Crippen LogP contribution in [0.15, 0.2) is 30.7 Å². The molecule has 1 aromatic carbocycles. The summed E-state index contributed by atoms with van der Waals surface area (Å²) in [6.45, 7) is 4.14. The van der Waals surface area contributed by atoms with Crippen molar-refractivity contribution in [2.45, 2.75) is 26.7 Å². The zero-order valence-corrected chi connectivity index (χ0v) is 16.0. The van der Waals surface area contributed by atoms with Crippen LogP contribution in [0.5, 0.6) is 0 Å². The fraction of sp³-hybridized carbons (Fsp3) is 0.385. The third-order valence-electron chi connectivity index (χ3n) is 2.43. The lowest BCUT2D eigenvalue weighted by Crippen LogP contribution is -2.26. The highest BCUT2D eigenvalue weighted by atomic mass is 79.9. The number of nitrogens with one attached hydrogen (secondary N) is 2. The van der Waals surface area contributed by atoms with Gasteiger partial charge in [-0.25, -0.2) is 5.43 Å². The van der Waals surface area contributed by atoms with Gasteiger partial charge in [-0.05, 0) is 73.3 Å². The fourth-order valence-electron chi connectivity index (χ4n) is 1.45. The Hall–Kier alpha value is -0.400. The van der Waals surface area contributed by atoms with Crippen molar-refractivity contribution in [1.82, 2.24) is 5.43 Å². The van der Waals surface area contributed by atoms with E-state index in [0.717, 1.165) is 37.7 Å². The molecule has 0 aliphatic carbocycles. The van der Waals surface area contributed by atoms with Gasteiger partial charge in [0.15, 0.2) is 0 Å². The summed E-state index contributed by atoms with van der Waals surface area (Å²) in [4.78, 5) is 11.7. The molecule has 1 rings (SSSR count). The lowest BCUT2D eigenvalue weighted by Gasteiger charge is -2.09. The van der Waals surface area contributed by atoms with Gasteiger partial charge in [0.2, 0.25) is 0 Å². The Kier molecular flexibility index (Phi) is 7.76. The van der Waals surface area contributed by atoms with Gasteiger partial charge in [0.25, 0.3) is 5.91 Å². The van der Waals surface area contributed by atoms with Crippen molar-refractivity contribution in [3.05, 3.63) is 25.6 Å². The lowest BCUT2D eigenvalue weighted by molar-refractivity contribution is -0.119. The Morgan fingerprint density at radius 1 is 1.20 bits per heavy atom. The SMILES string of the molecule is CCCC(C)=NNC(=O)CNc1cc(Br)c(Br)cc1Br. The van der Waals surface area contributed by atoms with Crippen molar-refractivity contribution in [1.29, 1.82) is 0 Å². The zero-order valence-electron chi connectivity index (χ0n) is 11.3. The minimum Gasteiger partial charge on any atom is -0.375 e. The monoisotopic (exact) mass is 467 g/mol. The standard InChI is InChI=1S/C13H16Br3N3O/c1-3-4-8(2)18-19-13(20)7-17-12-6-10(15)9(14)5-11(12)16/h5-6,17H,3-4,7H2,1-2H3,(H,19,20). The summed E-state index contributed by atoms with van der Waals surface area (Å²) < 4.78 is 2.74. The Labute approximate surface area is 144 Å². The van der Waals surface area contributed by atoms with Crippen molar-refractivity contribution in [2.75, 3.05) is 11.9 Å². The van der Waals surface area contributed by atoms with Crippen LogP contribution in [-0.4, -0.2) is 18.2 Å². The van der Waals surface area contributed by atoms with Crippen LogP contribution in [0.2, 0.25) is 0 Å². The molecule has 0 atom stereocenters. The average molecular weight is 470 g/mol. The third kappa shape index (κ3) is 5.93. The molecule has 0 bridgehead atoms. The number of benzene rings is 1. The molecular formula is C13H16Br3N3O. The van der Waals surface area contributed by atoms with Gasteiger partial charge in [-0.15, -0.1) is 0 Å². The molecule has 0 radical (unpaired) electrons. The molecule has 0 aliphatic rings. The van der Waals surface area contributed by atoms with E-state index in [-0.39, 0.29) is 12.5 Å². The van der Waals surface area contributed by atoms with Crippen LogP contribution in [0.4, 0.5) is 5.69 Å². The van der Waals surface area contributed by atoms with Crippen molar-refractivity contribution >= 4 is 65.1 Å². The Morgan fingerprint density at radius 2 is 1.85 bits per heavy atom. The predicted molar refractivity (Wildman–Crippen MR) is 94.2 cm³/mol. The molecule has 0 aliphatic heterocycles. The molecule has 7 heteroatoms. The highest BCUT2D eigenvalue weighted by Gasteiger charge is 2.06. The number of carbonyl (C=O) groups excluding carboxylic acids is 1. The molecule has 110 valence electrons. The van der Waals surface area contributed by atoms with Gasteiger partial charge in [-0.1, -0.05) is 13.3 Å². The molecule has 4 nitrogen and oxygen atoms in total. The first-order chi connectivity index (χ1) is 9.43. The summed E-state index contributed by atoms with van der Waals surface area (Å²) in [6.07, 6.45) is 1.90. The number of nitrogens with zero attached hydrogens (tertiary/aromatic N) is 1. The molecule has 2 N–H and O–H groups in total. The summed E-state index contributed by atoms with van der Waals surface area (Å²) in [6, 6.07) is 3.81. The number of hydrazone groups is 1. The third-order valence-corrected chi connectivity index (χ3v) is 4.93. The van der Waals surface area contributed by atoms with Crippen molar-refractivity contribution in [3.63, 3.8) is 0 Å². The Morgan fingerprint density at radius 3 is 2.50 bits per heavy atom. The van der Waals surface area contributed by atoms with Crippen LogP contribution in [0, 0.1) is 0 Å². The van der Waals surface area contributed by atoms with E-state index in [1.54, 1.807) is 0 Å². The van der Waals surface area contributed by atoms with E-state index in [1.165, 1.54) is 0 Å². The summed E-state index contributed by atoms with van der Waals surface area (Å²) in [5.41, 5.74) is 4.30. The molecule has 0 fully saturated rings. The summed E-state index contributed by atoms with van der Waals surface area (Å²) in [5, 5.41) is 7.09. The smallest absolute Gasteiger partial charge is 0.259 e. The number of anilines is 1. The molecule has 0 heterocycles. The Balaban J connectivity index is 2.53. The van der Waals surface area contributed by atoms with E-state index in [4.69, 9.17) is 0 Å². The molecule has 1 aromatic rings. The van der Waals surface area contributed by atoms with Gasteiger partial charge in [0.05, 0.1) is 12.2 Å². The van der Waals surface area contributed by atoms with Crippen LogP contribution < -0.4 is 10.7 Å². The highest BCUT2D eigenvalue weighted by molar-refractivity contribution is 9.13. The maximum absolute atomic E-state index is 11.7. The van der Waals surface area contributed by atoms with Gasteiger partial charge in [0, 0.05) is 19.1 Å². The van der Waals surface area contributed by atoms with Crippen LogP contribution >= 0.6 is 47.8 Å². The summed E-state index contributed by atoms with van der Waals surface area (Å²) in [7, 11) is 0. The van der Waals surface area contributed by atoms with Gasteiger partial charge >= 0.3 is 0 Å². The maximum atomic E-state index is 11.7. The lowest BCUT2D eigenvalue weighted by atomic mass is 10.2. The van der Waals surface area contributed by atoms with Crippen LogP contribution in [-0.2, 0) is 4.79 Å². The van der Waals surface area contributed by atoms with E-state index >= 15 is 0 Å². The summed E-state index contributed by atoms with van der Waals surface area (Å²) in [5.74, 6) is -0.175. The largest absolute Gasteiger partial charge is 0.375 e. The maximum Gasteiger partial charge on any atom is 0.259 e. The van der Waals surface area contributed by atoms with Crippen molar-refractivity contribution in [3.8, 4) is 0 Å².